The largest absolute Gasteiger partial charge is 0.507 e. The first-order valence-electron chi connectivity index (χ1n) is 5.49. The maximum atomic E-state index is 11.9. The lowest BCUT2D eigenvalue weighted by atomic mass is 9.76. The van der Waals surface area contributed by atoms with Gasteiger partial charge in [-0.3, -0.25) is 4.79 Å². The number of carboxylic acid groups (broad SMARTS) is 1. The number of nitrogens with one attached hydrogen (secondary N) is 1. The molecule has 0 aliphatic heterocycles. The second-order valence-electron chi connectivity index (χ2n) is 4.36. The van der Waals surface area contributed by atoms with Crippen LogP contribution in [-0.4, -0.2) is 27.6 Å². The van der Waals surface area contributed by atoms with Crippen molar-refractivity contribution in [2.45, 2.75) is 24.8 Å². The summed E-state index contributed by atoms with van der Waals surface area (Å²) in [5.74, 6) is -1.46. The molecule has 0 radical (unpaired) electrons. The van der Waals surface area contributed by atoms with Gasteiger partial charge in [-0.15, -0.1) is 0 Å². The van der Waals surface area contributed by atoms with Crippen LogP contribution in [0.4, 0.5) is 0 Å². The summed E-state index contributed by atoms with van der Waals surface area (Å²) in [5.41, 5.74) is -0.865. The standard InChI is InChI=1S/C12H12INO4/c13-8-3-2-7(6-9(8)15)10(16)14-12(11(17)18)4-1-5-12/h2-3,6,15H,1,4-5H2,(H,14,16)(H,17,18). The molecule has 6 heteroatoms. The molecule has 18 heavy (non-hydrogen) atoms. The molecule has 1 aromatic carbocycles. The molecule has 0 bridgehead atoms. The van der Waals surface area contributed by atoms with Crippen molar-refractivity contribution in [1.82, 2.24) is 5.32 Å². The van der Waals surface area contributed by atoms with E-state index in [1.807, 2.05) is 22.6 Å². The minimum absolute atomic E-state index is 0.0150. The highest BCUT2D eigenvalue weighted by Gasteiger charge is 2.45. The number of carbonyl (C=O) groups is 2. The molecule has 1 aliphatic carbocycles. The second-order valence-corrected chi connectivity index (χ2v) is 5.52. The lowest BCUT2D eigenvalue weighted by Gasteiger charge is -2.38. The van der Waals surface area contributed by atoms with Crippen LogP contribution in [0.5, 0.6) is 5.75 Å². The molecule has 0 spiro atoms. The van der Waals surface area contributed by atoms with Gasteiger partial charge >= 0.3 is 5.97 Å². The van der Waals surface area contributed by atoms with Crippen molar-refractivity contribution in [2.24, 2.45) is 0 Å². The number of carbonyl (C=O) groups excluding carboxylic acids is 1. The van der Waals surface area contributed by atoms with Gasteiger partial charge in [0.2, 0.25) is 0 Å². The fraction of sp³-hybridized carbons (Fsp3) is 0.333. The predicted molar refractivity (Wildman–Crippen MR) is 72.5 cm³/mol. The van der Waals surface area contributed by atoms with Gasteiger partial charge in [-0.25, -0.2) is 4.79 Å². The number of amides is 1. The minimum atomic E-state index is -1.13. The second kappa shape index (κ2) is 4.75. The van der Waals surface area contributed by atoms with Crippen LogP contribution >= 0.6 is 22.6 Å². The fourth-order valence-corrected chi connectivity index (χ4v) is 2.20. The SMILES string of the molecule is O=C(NC1(C(=O)O)CCC1)c1ccc(I)c(O)c1. The molecule has 1 amide bonds. The zero-order valence-corrected chi connectivity index (χ0v) is 11.6. The molecule has 1 fully saturated rings. The van der Waals surface area contributed by atoms with E-state index in [9.17, 15) is 14.7 Å². The van der Waals surface area contributed by atoms with Crippen LogP contribution in [0, 0.1) is 3.57 Å². The van der Waals surface area contributed by atoms with Crippen molar-refractivity contribution >= 4 is 34.5 Å². The van der Waals surface area contributed by atoms with Crippen molar-refractivity contribution in [3.8, 4) is 5.75 Å². The Bertz CT molecular complexity index is 511. The highest BCUT2D eigenvalue weighted by atomic mass is 127. The zero-order valence-electron chi connectivity index (χ0n) is 9.44. The normalized spacial score (nSPS) is 16.7. The smallest absolute Gasteiger partial charge is 0.329 e. The Morgan fingerprint density at radius 3 is 2.44 bits per heavy atom. The maximum Gasteiger partial charge on any atom is 0.329 e. The fourth-order valence-electron chi connectivity index (χ4n) is 1.87. The molecule has 1 saturated carbocycles. The Hall–Kier alpha value is -1.31. The van der Waals surface area contributed by atoms with Gasteiger partial charge in [0.15, 0.2) is 0 Å². The third kappa shape index (κ3) is 2.29. The van der Waals surface area contributed by atoms with E-state index in [0.717, 1.165) is 6.42 Å². The van der Waals surface area contributed by atoms with Crippen molar-refractivity contribution in [2.75, 3.05) is 0 Å². The molecule has 1 aromatic rings. The molecule has 0 atom stereocenters. The number of aromatic hydroxyl groups is 1. The Morgan fingerprint density at radius 1 is 1.33 bits per heavy atom. The number of hydrogen-bond donors (Lipinski definition) is 3. The van der Waals surface area contributed by atoms with Crippen LogP contribution in [0.25, 0.3) is 0 Å². The van der Waals surface area contributed by atoms with E-state index in [1.165, 1.54) is 6.07 Å². The minimum Gasteiger partial charge on any atom is -0.507 e. The van der Waals surface area contributed by atoms with Gasteiger partial charge < -0.3 is 15.5 Å². The number of benzene rings is 1. The molecule has 0 aromatic heterocycles. The van der Waals surface area contributed by atoms with Crippen LogP contribution in [-0.2, 0) is 4.79 Å². The Balaban J connectivity index is 2.17. The van der Waals surface area contributed by atoms with E-state index < -0.39 is 17.4 Å². The van der Waals surface area contributed by atoms with Gasteiger partial charge in [-0.2, -0.15) is 0 Å². The monoisotopic (exact) mass is 361 g/mol. The highest BCUT2D eigenvalue weighted by molar-refractivity contribution is 14.1. The lowest BCUT2D eigenvalue weighted by molar-refractivity contribution is -0.148. The number of rotatable bonds is 3. The summed E-state index contributed by atoms with van der Waals surface area (Å²) in [7, 11) is 0. The van der Waals surface area contributed by atoms with E-state index in [4.69, 9.17) is 5.11 Å². The number of carboxylic acids is 1. The molecule has 96 valence electrons. The molecule has 1 aliphatic rings. The van der Waals surface area contributed by atoms with Gasteiger partial charge in [0, 0.05) is 5.56 Å². The summed E-state index contributed by atoms with van der Waals surface area (Å²) < 4.78 is 0.640. The number of halogens is 1. The summed E-state index contributed by atoms with van der Waals surface area (Å²) in [6.45, 7) is 0. The van der Waals surface area contributed by atoms with E-state index in [-0.39, 0.29) is 11.3 Å². The van der Waals surface area contributed by atoms with E-state index in [2.05, 4.69) is 5.32 Å². The highest BCUT2D eigenvalue weighted by Crippen LogP contribution is 2.32. The van der Waals surface area contributed by atoms with Crippen molar-refractivity contribution < 1.29 is 19.8 Å². The van der Waals surface area contributed by atoms with Crippen LogP contribution in [0.15, 0.2) is 18.2 Å². The van der Waals surface area contributed by atoms with Crippen molar-refractivity contribution in [1.29, 1.82) is 0 Å². The molecular formula is C12H12INO4. The van der Waals surface area contributed by atoms with Gasteiger partial charge in [0.25, 0.3) is 5.91 Å². The summed E-state index contributed by atoms with van der Waals surface area (Å²) >= 11 is 1.95. The molecule has 0 unspecified atom stereocenters. The Labute approximate surface area is 117 Å². The molecule has 3 N–H and O–H groups in total. The first-order chi connectivity index (χ1) is 8.44. The first-order valence-corrected chi connectivity index (χ1v) is 6.57. The van der Waals surface area contributed by atoms with E-state index in [1.54, 1.807) is 12.1 Å². The first kappa shape index (κ1) is 13.1. The molecule has 0 heterocycles. The summed E-state index contributed by atoms with van der Waals surface area (Å²) in [4.78, 5) is 23.1. The average Bonchev–Trinajstić information content (AvgIpc) is 2.26. The van der Waals surface area contributed by atoms with Gasteiger partial charge in [0.1, 0.15) is 11.3 Å². The third-order valence-electron chi connectivity index (χ3n) is 3.18. The summed E-state index contributed by atoms with van der Waals surface area (Å²) in [6.07, 6.45) is 1.69. The topological polar surface area (TPSA) is 86.6 Å². The Kier molecular flexibility index (Phi) is 3.47. The van der Waals surface area contributed by atoms with Crippen molar-refractivity contribution in [3.63, 3.8) is 0 Å². The predicted octanol–water partition coefficient (Wildman–Crippen LogP) is 1.73. The van der Waals surface area contributed by atoms with Crippen LogP contribution in [0.2, 0.25) is 0 Å². The van der Waals surface area contributed by atoms with Crippen molar-refractivity contribution in [3.05, 3.63) is 27.3 Å². The van der Waals surface area contributed by atoms with Gasteiger partial charge in [0.05, 0.1) is 3.57 Å². The number of aliphatic carboxylic acids is 1. The van der Waals surface area contributed by atoms with E-state index >= 15 is 0 Å². The van der Waals surface area contributed by atoms with Crippen LogP contribution < -0.4 is 5.32 Å². The average molecular weight is 361 g/mol. The van der Waals surface area contributed by atoms with Crippen LogP contribution in [0.1, 0.15) is 29.6 Å². The van der Waals surface area contributed by atoms with Gasteiger partial charge in [-0.1, -0.05) is 0 Å². The third-order valence-corrected chi connectivity index (χ3v) is 4.09. The summed E-state index contributed by atoms with van der Waals surface area (Å²) in [5, 5.41) is 21.2. The number of phenolic OH excluding ortho intramolecular Hbond substituents is 1. The zero-order chi connectivity index (χ0) is 13.3. The van der Waals surface area contributed by atoms with E-state index in [0.29, 0.717) is 16.4 Å². The van der Waals surface area contributed by atoms with Crippen LogP contribution in [0.3, 0.4) is 0 Å². The molecule has 5 nitrogen and oxygen atoms in total. The number of hydrogen-bond acceptors (Lipinski definition) is 3. The lowest BCUT2D eigenvalue weighted by Crippen LogP contribution is -2.59. The molecule has 0 saturated heterocycles. The van der Waals surface area contributed by atoms with Gasteiger partial charge in [-0.05, 0) is 60.1 Å². The molecule has 2 rings (SSSR count). The Morgan fingerprint density at radius 2 is 2.00 bits per heavy atom. The quantitative estimate of drug-likeness (QED) is 0.716. The number of phenols is 1. The summed E-state index contributed by atoms with van der Waals surface area (Å²) in [6, 6.07) is 4.51. The maximum absolute atomic E-state index is 11.9. The molecular weight excluding hydrogens is 349 g/mol.